The molecule has 4 aliphatic rings. The highest BCUT2D eigenvalue weighted by molar-refractivity contribution is 8.08. The monoisotopic (exact) mass is 1420 g/mol. The Labute approximate surface area is 543 Å². The molecule has 7 atom stereocenters. The van der Waals surface area contributed by atoms with Crippen LogP contribution < -0.4 is 31.6 Å². The minimum atomic E-state index is -5.77. The van der Waals surface area contributed by atoms with Gasteiger partial charge in [0.15, 0.2) is 29.2 Å². The van der Waals surface area contributed by atoms with Crippen LogP contribution in [0.5, 0.6) is 5.75 Å². The highest BCUT2D eigenvalue weighted by atomic mass is 32.5. The van der Waals surface area contributed by atoms with Crippen molar-refractivity contribution in [2.45, 2.75) is 101 Å². The summed E-state index contributed by atoms with van der Waals surface area (Å²) in [5.41, 5.74) is 10.4. The number of fused-ring (bicyclic) bond motifs is 4. The number of hydrogen-bond donors (Lipinski definition) is 11. The third-order valence-electron chi connectivity index (χ3n) is 15.7. The first kappa shape index (κ1) is 71.4. The molecule has 94 heavy (non-hydrogen) atoms. The van der Waals surface area contributed by atoms with Crippen molar-refractivity contribution in [2.75, 3.05) is 49.2 Å². The number of phosphoric ester groups is 1. The molecule has 506 valence electrons. The number of nitrogens with zero attached hydrogens (tertiary/aromatic N) is 5. The van der Waals surface area contributed by atoms with Crippen LogP contribution in [0.3, 0.4) is 0 Å². The van der Waals surface area contributed by atoms with Crippen LogP contribution >= 0.6 is 22.4 Å². The molecule has 0 aliphatic carbocycles. The second-order valence-electron chi connectivity index (χ2n) is 22.8. The minimum absolute atomic E-state index is 0.0323. The fourth-order valence-electron chi connectivity index (χ4n) is 11.8. The van der Waals surface area contributed by atoms with E-state index in [1.54, 1.807) is 22.8 Å². The van der Waals surface area contributed by atoms with E-state index in [0.717, 1.165) is 51.0 Å². The van der Waals surface area contributed by atoms with E-state index in [9.17, 15) is 74.1 Å². The standard InChI is InChI=1S/C57H68N9O22P3S3/c1-6-66-42-30-44-39(29-38(42)34(2)31-56(66,3)4)36(27-43(84-44)35-15-9-7-10-16-35)17-11-8-12-18-46-57(5,40-28-37(94(80,81)82)20-21-41(40)64(46)25-14-26-93(77,78)79)22-13-19-47(67)59-23-24-60-55(70)86-50-45(32-83-89(71,72)87-90(73,74)88-91(75,76)92)85-53(49(50)68)65-33-61-48-51(65)62-54(58)63-52(48)69/h7-12,15-18,20-21,27-31,33,45,49-50,53,68H,6,13-14,19,22-26,32H2,1-5H3,(H10-,58,59,60,62,63,67,69,70,71,72,73,74,75,76,77,78,79,80,81,82,92)/p+1/t45-,49-,50-,53-,57?/m1/s1. The summed E-state index contributed by atoms with van der Waals surface area (Å²) < 4.78 is 128. The molecule has 31 nitrogen and oxygen atoms in total. The Kier molecular flexibility index (Phi) is 21.3. The van der Waals surface area contributed by atoms with Crippen LogP contribution in [0.4, 0.5) is 22.1 Å². The van der Waals surface area contributed by atoms with E-state index in [-0.39, 0.29) is 68.0 Å². The van der Waals surface area contributed by atoms with E-state index in [1.165, 1.54) is 18.2 Å². The number of aliphatic hydroxyl groups is 1. The number of allylic oxidation sites excluding steroid dienone is 8. The van der Waals surface area contributed by atoms with Gasteiger partial charge in [-0.3, -0.25) is 32.8 Å². The molecule has 3 aromatic carbocycles. The molecule has 5 aromatic rings. The molecular formula is C57H69N9O22P3S3+. The van der Waals surface area contributed by atoms with E-state index >= 15 is 0 Å². The number of phosphoric acid groups is 2. The number of alkyl carbamates (subject to hydrolysis) is 1. The predicted molar refractivity (Wildman–Crippen MR) is 347 cm³/mol. The van der Waals surface area contributed by atoms with E-state index in [1.807, 2.05) is 55.5 Å². The summed E-state index contributed by atoms with van der Waals surface area (Å²) in [6.45, 7) is 4.54. The van der Waals surface area contributed by atoms with Crippen molar-refractivity contribution in [3.05, 3.63) is 142 Å². The Bertz CT molecular complexity index is 4460. The van der Waals surface area contributed by atoms with Crippen LogP contribution in [0.25, 0.3) is 28.1 Å². The summed E-state index contributed by atoms with van der Waals surface area (Å²) in [6.07, 6.45) is 6.11. The second kappa shape index (κ2) is 28.0. The average Bonchev–Trinajstić information content (AvgIpc) is 1.41. The minimum Gasteiger partial charge on any atom is -0.456 e. The van der Waals surface area contributed by atoms with Gasteiger partial charge in [0.2, 0.25) is 17.5 Å². The number of likely N-dealkylation sites (N-methyl/N-ethyl adjacent to an activating group) is 1. The highest BCUT2D eigenvalue weighted by Gasteiger charge is 2.51. The maximum atomic E-state index is 13.5. The van der Waals surface area contributed by atoms with Gasteiger partial charge in [0.25, 0.3) is 25.8 Å². The van der Waals surface area contributed by atoms with Gasteiger partial charge in [-0.1, -0.05) is 60.7 Å². The number of rotatable bonds is 26. The summed E-state index contributed by atoms with van der Waals surface area (Å²) >= 11 is 4.11. The molecule has 2 aromatic heterocycles. The molecule has 2 amide bonds. The van der Waals surface area contributed by atoms with E-state index in [4.69, 9.17) is 24.5 Å². The first-order valence-corrected chi connectivity index (χ1v) is 37.6. The van der Waals surface area contributed by atoms with Crippen molar-refractivity contribution in [3.63, 3.8) is 0 Å². The van der Waals surface area contributed by atoms with Gasteiger partial charge >= 0.3 is 28.5 Å². The Morgan fingerprint density at radius 3 is 2.36 bits per heavy atom. The lowest BCUT2D eigenvalue weighted by molar-refractivity contribution is -0.437. The molecule has 9 rings (SSSR count). The Hall–Kier alpha value is -6.91. The normalized spacial score (nSPS) is 22.1. The lowest BCUT2D eigenvalue weighted by Crippen LogP contribution is -2.44. The second-order valence-corrected chi connectivity index (χ2v) is 31.7. The molecule has 1 saturated heterocycles. The number of amides is 2. The van der Waals surface area contributed by atoms with Gasteiger partial charge < -0.3 is 60.2 Å². The third kappa shape index (κ3) is 16.8. The van der Waals surface area contributed by atoms with Gasteiger partial charge in [-0.15, -0.1) is 0 Å². The number of aromatic nitrogens is 4. The van der Waals surface area contributed by atoms with Crippen molar-refractivity contribution in [1.29, 1.82) is 0 Å². The quantitative estimate of drug-likeness (QED) is 0.00989. The summed E-state index contributed by atoms with van der Waals surface area (Å²) in [5, 5.41) is 16.5. The van der Waals surface area contributed by atoms with Crippen LogP contribution in [0, 0.1) is 0 Å². The van der Waals surface area contributed by atoms with Gasteiger partial charge in [0.05, 0.1) is 34.5 Å². The summed E-state index contributed by atoms with van der Waals surface area (Å²) in [4.78, 5) is 90.0. The van der Waals surface area contributed by atoms with E-state index < -0.39 is 107 Å². The third-order valence-corrected chi connectivity index (χ3v) is 21.8. The zero-order valence-corrected chi connectivity index (χ0v) is 56.0. The molecule has 0 bridgehead atoms. The maximum absolute atomic E-state index is 13.5. The lowest BCUT2D eigenvalue weighted by atomic mass is 9.75. The molecule has 0 spiro atoms. The first-order valence-electron chi connectivity index (χ1n) is 28.9. The molecular weight excluding hydrogens is 1350 g/mol. The van der Waals surface area contributed by atoms with Crippen molar-refractivity contribution >= 4 is 118 Å². The smallest absolute Gasteiger partial charge is 0.456 e. The van der Waals surface area contributed by atoms with Crippen LogP contribution in [0.1, 0.15) is 88.8 Å². The molecule has 37 heteroatoms. The van der Waals surface area contributed by atoms with Crippen molar-refractivity contribution < 1.29 is 101 Å². The fourth-order valence-corrected chi connectivity index (χ4v) is 16.6. The molecule has 1 fully saturated rings. The molecule has 6 heterocycles. The van der Waals surface area contributed by atoms with Gasteiger partial charge in [-0.25, -0.2) is 23.2 Å². The Morgan fingerprint density at radius 2 is 1.67 bits per heavy atom. The highest BCUT2D eigenvalue weighted by Crippen LogP contribution is 2.66. The lowest BCUT2D eigenvalue weighted by Gasteiger charge is -2.43. The van der Waals surface area contributed by atoms with Gasteiger partial charge in [-0.2, -0.15) is 30.7 Å². The molecule has 3 unspecified atom stereocenters. The van der Waals surface area contributed by atoms with Crippen molar-refractivity contribution in [3.8, 4) is 5.75 Å². The summed E-state index contributed by atoms with van der Waals surface area (Å²) in [7, 11) is -20.6. The number of benzene rings is 3. The number of aromatic amines is 1. The number of carbonyl (C=O) groups is 2. The van der Waals surface area contributed by atoms with Gasteiger partial charge in [0, 0.05) is 78.6 Å². The Balaban J connectivity index is 0.904. The molecule has 12 N–H and O–H groups in total. The number of H-pyrrole nitrogens is 1. The first-order chi connectivity index (χ1) is 44.0. The number of hydrogen-bond acceptors (Lipinski definition) is 21. The Morgan fingerprint density at radius 1 is 0.947 bits per heavy atom. The largest absolute Gasteiger partial charge is 0.488 e. The molecule has 0 radical (unpaired) electrons. The number of carbonyl (C=O) groups excluding carboxylic acids is 2. The number of aliphatic hydroxyl groups excluding tert-OH is 1. The van der Waals surface area contributed by atoms with E-state index in [2.05, 4.69) is 96.8 Å². The SMILES string of the molecule is CCN1c2cc3c(cc2C(C)=CC1(C)C)C(=CC=CC=CC1=[N+](CCCS(=O)(=O)O)c2ccc(S(=O)(=O)O)cc2C1(C)CCCC(=O)NCCNC(=O)O[C@H]1[C@@H](O)[C@H](n2cnc4c(=O)[nH]c(N)nc42)O[C@@H]1COP(=O)(O)OP(=O)(O)OP(O)(O)=S)C=C(c1ccccc1)O3. The van der Waals surface area contributed by atoms with Crippen molar-refractivity contribution in [1.82, 2.24) is 30.2 Å². The number of nitrogens with one attached hydrogen (secondary N) is 3. The zero-order valence-electron chi connectivity index (χ0n) is 50.9. The van der Waals surface area contributed by atoms with Crippen LogP contribution in [0.2, 0.25) is 0 Å². The van der Waals surface area contributed by atoms with Crippen LogP contribution in [-0.2, 0) is 74.0 Å². The zero-order chi connectivity index (χ0) is 68.5. The number of nitrogen functional groups attached to an aromatic ring is 1. The molecule has 0 saturated carbocycles. The summed E-state index contributed by atoms with van der Waals surface area (Å²) in [6, 6.07) is 17.9. The number of nitrogens with two attached hydrogens (primary N) is 1. The predicted octanol–water partition coefficient (Wildman–Crippen LogP) is 6.03. The number of imidazole rings is 1. The van der Waals surface area contributed by atoms with Crippen LogP contribution in [0.15, 0.2) is 119 Å². The van der Waals surface area contributed by atoms with Gasteiger partial charge in [0.1, 0.15) is 30.3 Å². The van der Waals surface area contributed by atoms with Crippen molar-refractivity contribution in [2.24, 2.45) is 0 Å². The molecule has 4 aliphatic heterocycles. The van der Waals surface area contributed by atoms with Gasteiger partial charge in [-0.05, 0) is 94.7 Å². The summed E-state index contributed by atoms with van der Waals surface area (Å²) in [5.74, 6) is -0.161. The number of ether oxygens (including phenoxy) is 3. The van der Waals surface area contributed by atoms with E-state index in [0.29, 0.717) is 28.5 Å². The topological polar surface area (TPSA) is 453 Å². The van der Waals surface area contributed by atoms with Crippen LogP contribution in [-0.4, -0.2) is 155 Å². The maximum Gasteiger partial charge on any atom is 0.488 e. The fraction of sp³-hybridized carbons (Fsp3) is 0.368. The average molecular weight is 1420 g/mol. The number of anilines is 2.